The molecule has 0 spiro atoms. The number of anilines is 1. The van der Waals surface area contributed by atoms with E-state index in [2.05, 4.69) is 60.6 Å². The first-order valence-electron chi connectivity index (χ1n) is 12.2. The van der Waals surface area contributed by atoms with Gasteiger partial charge in [0, 0.05) is 24.3 Å². The van der Waals surface area contributed by atoms with E-state index in [9.17, 15) is 9.59 Å². The van der Waals surface area contributed by atoms with Gasteiger partial charge in [0.25, 0.3) is 5.91 Å². The second-order valence-electron chi connectivity index (χ2n) is 10.4. The lowest BCUT2D eigenvalue weighted by Gasteiger charge is -2.29. The maximum atomic E-state index is 13.1. The average Bonchev–Trinajstić information content (AvgIpc) is 2.82. The van der Waals surface area contributed by atoms with E-state index in [0.29, 0.717) is 5.56 Å². The minimum Gasteiger partial charge on any atom is -0.378 e. The Morgan fingerprint density at radius 1 is 0.882 bits per heavy atom. The molecule has 0 saturated carbocycles. The Morgan fingerprint density at radius 2 is 1.47 bits per heavy atom. The predicted octanol–water partition coefficient (Wildman–Crippen LogP) is 4.45. The summed E-state index contributed by atoms with van der Waals surface area (Å²) in [5.74, 6) is -0.468. The van der Waals surface area contributed by atoms with Crippen LogP contribution in [0.1, 0.15) is 69.1 Å². The van der Waals surface area contributed by atoms with Crippen LogP contribution in [0, 0.1) is 5.92 Å². The number of hydrogen-bond acceptors (Lipinski definition) is 4. The largest absolute Gasteiger partial charge is 0.378 e. The minimum atomic E-state index is -0.620. The van der Waals surface area contributed by atoms with E-state index in [1.54, 1.807) is 0 Å². The monoisotopic (exact) mass is 465 g/mol. The number of amides is 2. The first kappa shape index (κ1) is 25.8. The molecule has 6 nitrogen and oxygen atoms in total. The number of benzene rings is 2. The number of carbonyl (C=O) groups is 2. The summed E-state index contributed by atoms with van der Waals surface area (Å²) in [5, 5.41) is 6.01. The zero-order valence-corrected chi connectivity index (χ0v) is 21.4. The van der Waals surface area contributed by atoms with Gasteiger partial charge in [-0.25, -0.2) is 0 Å². The van der Waals surface area contributed by atoms with E-state index in [4.69, 9.17) is 4.74 Å². The minimum absolute atomic E-state index is 0.0197. The quantitative estimate of drug-likeness (QED) is 0.634. The lowest BCUT2D eigenvalue weighted by atomic mass is 9.86. The molecule has 0 radical (unpaired) electrons. The summed E-state index contributed by atoms with van der Waals surface area (Å²) in [6.07, 6.45) is 0. The van der Waals surface area contributed by atoms with Crippen molar-refractivity contribution in [2.75, 3.05) is 31.2 Å². The maximum Gasteiger partial charge on any atom is 0.251 e. The van der Waals surface area contributed by atoms with E-state index in [-0.39, 0.29) is 29.2 Å². The predicted molar refractivity (Wildman–Crippen MR) is 137 cm³/mol. The Bertz CT molecular complexity index is 956. The highest BCUT2D eigenvalue weighted by molar-refractivity contribution is 5.97. The van der Waals surface area contributed by atoms with Gasteiger partial charge in [-0.15, -0.1) is 0 Å². The van der Waals surface area contributed by atoms with E-state index < -0.39 is 6.04 Å². The van der Waals surface area contributed by atoms with Gasteiger partial charge in [0.1, 0.15) is 6.04 Å². The fourth-order valence-electron chi connectivity index (χ4n) is 4.06. The molecule has 1 saturated heterocycles. The summed E-state index contributed by atoms with van der Waals surface area (Å²) in [5.41, 5.74) is 3.92. The number of morpholine rings is 1. The molecule has 3 rings (SSSR count). The average molecular weight is 466 g/mol. The molecule has 1 aliphatic rings. The summed E-state index contributed by atoms with van der Waals surface area (Å²) < 4.78 is 5.42. The number of nitrogens with one attached hydrogen (secondary N) is 2. The van der Waals surface area contributed by atoms with Crippen molar-refractivity contribution in [3.05, 3.63) is 65.2 Å². The van der Waals surface area contributed by atoms with Crippen LogP contribution in [0.5, 0.6) is 0 Å². The van der Waals surface area contributed by atoms with Crippen molar-refractivity contribution in [3.8, 4) is 0 Å². The highest BCUT2D eigenvalue weighted by Gasteiger charge is 2.26. The van der Waals surface area contributed by atoms with Gasteiger partial charge < -0.3 is 20.3 Å². The van der Waals surface area contributed by atoms with Crippen molar-refractivity contribution < 1.29 is 14.3 Å². The fraction of sp³-hybridized carbons (Fsp3) is 0.500. The zero-order chi connectivity index (χ0) is 24.9. The Kier molecular flexibility index (Phi) is 8.37. The van der Waals surface area contributed by atoms with Gasteiger partial charge in [-0.2, -0.15) is 0 Å². The molecule has 184 valence electrons. The lowest BCUT2D eigenvalue weighted by Crippen LogP contribution is -2.50. The van der Waals surface area contributed by atoms with Gasteiger partial charge in [-0.1, -0.05) is 58.9 Å². The molecular formula is C28H39N3O3. The SMILES string of the molecule is CC(NC(=O)C(NC(=O)c1ccc(C(C)(C)C)cc1)C(C)C)c1ccc(N2CCOCC2)cc1. The summed E-state index contributed by atoms with van der Waals surface area (Å²) >= 11 is 0. The second kappa shape index (κ2) is 11.0. The highest BCUT2D eigenvalue weighted by atomic mass is 16.5. The Balaban J connectivity index is 1.62. The second-order valence-corrected chi connectivity index (χ2v) is 10.4. The molecule has 2 atom stereocenters. The number of ether oxygens (including phenoxy) is 1. The van der Waals surface area contributed by atoms with Gasteiger partial charge in [-0.05, 0) is 53.6 Å². The van der Waals surface area contributed by atoms with E-state index in [1.807, 2.05) is 45.0 Å². The first-order valence-corrected chi connectivity index (χ1v) is 12.2. The zero-order valence-electron chi connectivity index (χ0n) is 21.4. The summed E-state index contributed by atoms with van der Waals surface area (Å²) in [6, 6.07) is 15.1. The third kappa shape index (κ3) is 6.60. The smallest absolute Gasteiger partial charge is 0.251 e. The number of rotatable bonds is 7. The van der Waals surface area contributed by atoms with Gasteiger partial charge in [0.05, 0.1) is 19.3 Å². The Morgan fingerprint density at radius 3 is 2.00 bits per heavy atom. The molecule has 2 aromatic carbocycles. The molecule has 1 heterocycles. The van der Waals surface area contributed by atoms with Crippen LogP contribution in [-0.2, 0) is 14.9 Å². The molecule has 0 bridgehead atoms. The fourth-order valence-corrected chi connectivity index (χ4v) is 4.06. The van der Waals surface area contributed by atoms with Crippen LogP contribution < -0.4 is 15.5 Å². The van der Waals surface area contributed by atoms with Crippen molar-refractivity contribution in [1.29, 1.82) is 0 Å². The molecule has 1 aliphatic heterocycles. The standard InChI is InChI=1S/C28H39N3O3/c1-19(2)25(30-26(32)22-7-11-23(12-8-22)28(4,5)6)27(33)29-20(3)21-9-13-24(14-10-21)31-15-17-34-18-16-31/h7-14,19-20,25H,15-18H2,1-6H3,(H,29,33)(H,30,32). The molecule has 34 heavy (non-hydrogen) atoms. The van der Waals surface area contributed by atoms with Crippen molar-refractivity contribution in [3.63, 3.8) is 0 Å². The number of carbonyl (C=O) groups excluding carboxylic acids is 2. The highest BCUT2D eigenvalue weighted by Crippen LogP contribution is 2.23. The van der Waals surface area contributed by atoms with Crippen LogP contribution >= 0.6 is 0 Å². The van der Waals surface area contributed by atoms with E-state index in [1.165, 1.54) is 0 Å². The van der Waals surface area contributed by atoms with E-state index >= 15 is 0 Å². The van der Waals surface area contributed by atoms with Crippen LogP contribution in [0.25, 0.3) is 0 Å². The van der Waals surface area contributed by atoms with Crippen molar-refractivity contribution in [2.24, 2.45) is 5.92 Å². The van der Waals surface area contributed by atoms with Gasteiger partial charge >= 0.3 is 0 Å². The van der Waals surface area contributed by atoms with Gasteiger partial charge in [-0.3, -0.25) is 9.59 Å². The van der Waals surface area contributed by atoms with Crippen LogP contribution in [0.2, 0.25) is 0 Å². The normalized spacial score (nSPS) is 16.1. The summed E-state index contributed by atoms with van der Waals surface area (Å²) in [7, 11) is 0. The molecule has 0 aliphatic carbocycles. The van der Waals surface area contributed by atoms with Crippen LogP contribution in [-0.4, -0.2) is 44.2 Å². The summed E-state index contributed by atoms with van der Waals surface area (Å²) in [6.45, 7) is 15.5. The van der Waals surface area contributed by atoms with E-state index in [0.717, 1.165) is 43.1 Å². The topological polar surface area (TPSA) is 70.7 Å². The summed E-state index contributed by atoms with van der Waals surface area (Å²) in [4.78, 5) is 28.3. The Labute approximate surface area is 204 Å². The Hall–Kier alpha value is -2.86. The molecule has 6 heteroatoms. The molecular weight excluding hydrogens is 426 g/mol. The number of hydrogen-bond donors (Lipinski definition) is 2. The van der Waals surface area contributed by atoms with Crippen LogP contribution in [0.3, 0.4) is 0 Å². The van der Waals surface area contributed by atoms with Gasteiger partial charge in [0.15, 0.2) is 0 Å². The molecule has 0 aromatic heterocycles. The van der Waals surface area contributed by atoms with Crippen molar-refractivity contribution in [2.45, 2.75) is 59.0 Å². The molecule has 2 N–H and O–H groups in total. The van der Waals surface area contributed by atoms with Crippen LogP contribution in [0.15, 0.2) is 48.5 Å². The third-order valence-corrected chi connectivity index (χ3v) is 6.38. The van der Waals surface area contributed by atoms with Crippen molar-refractivity contribution >= 4 is 17.5 Å². The van der Waals surface area contributed by atoms with Crippen LogP contribution in [0.4, 0.5) is 5.69 Å². The van der Waals surface area contributed by atoms with Gasteiger partial charge in [0.2, 0.25) is 5.91 Å². The maximum absolute atomic E-state index is 13.1. The molecule has 1 fully saturated rings. The molecule has 2 amide bonds. The molecule has 2 unspecified atom stereocenters. The third-order valence-electron chi connectivity index (χ3n) is 6.38. The number of nitrogens with zero attached hydrogens (tertiary/aromatic N) is 1. The first-order chi connectivity index (χ1) is 16.1. The molecule has 2 aromatic rings. The lowest BCUT2D eigenvalue weighted by molar-refractivity contribution is -0.124. The van der Waals surface area contributed by atoms with Crippen molar-refractivity contribution in [1.82, 2.24) is 10.6 Å².